The highest BCUT2D eigenvalue weighted by Gasteiger charge is 2.30. The van der Waals surface area contributed by atoms with E-state index in [-0.39, 0.29) is 5.91 Å². The average Bonchev–Trinajstić information content (AvgIpc) is 2.62. The monoisotopic (exact) mass is 456 g/mol. The molecule has 3 rings (SSSR count). The van der Waals surface area contributed by atoms with Gasteiger partial charge < -0.3 is 4.90 Å². The Morgan fingerprint density at radius 2 is 1.46 bits per heavy atom. The number of halogens is 1. The van der Waals surface area contributed by atoms with Crippen LogP contribution in [-0.2, 0) is 10.0 Å². The highest BCUT2D eigenvalue weighted by Crippen LogP contribution is 2.19. The van der Waals surface area contributed by atoms with E-state index in [9.17, 15) is 13.2 Å². The summed E-state index contributed by atoms with van der Waals surface area (Å²) < 4.78 is 27.6. The topological polar surface area (TPSA) is 57.7 Å². The Morgan fingerprint density at radius 1 is 0.875 bits per heavy atom. The fourth-order valence-corrected chi connectivity index (χ4v) is 4.74. The van der Waals surface area contributed by atoms with Crippen LogP contribution in [0.3, 0.4) is 0 Å². The van der Waals surface area contributed by atoms with Crippen molar-refractivity contribution < 1.29 is 13.2 Å². The lowest BCUT2D eigenvalue weighted by atomic mass is 10.2. The van der Waals surface area contributed by atoms with Gasteiger partial charge in [-0.25, -0.2) is 8.42 Å². The first-order valence-electron chi connectivity index (χ1n) is 7.59. The quantitative estimate of drug-likeness (QED) is 0.667. The predicted molar refractivity (Wildman–Crippen MR) is 100 cm³/mol. The van der Waals surface area contributed by atoms with Crippen molar-refractivity contribution >= 4 is 38.5 Å². The van der Waals surface area contributed by atoms with E-state index in [1.807, 2.05) is 18.2 Å². The minimum absolute atomic E-state index is 0.0447. The van der Waals surface area contributed by atoms with Gasteiger partial charge in [-0.15, -0.1) is 0 Å². The third-order valence-corrected chi connectivity index (χ3v) is 6.86. The van der Waals surface area contributed by atoms with Gasteiger partial charge in [0.2, 0.25) is 10.0 Å². The molecule has 1 saturated heterocycles. The van der Waals surface area contributed by atoms with E-state index >= 15 is 0 Å². The Morgan fingerprint density at radius 3 is 2.08 bits per heavy atom. The van der Waals surface area contributed by atoms with Crippen LogP contribution in [0.1, 0.15) is 10.4 Å². The summed E-state index contributed by atoms with van der Waals surface area (Å²) in [7, 11) is -3.49. The van der Waals surface area contributed by atoms with E-state index in [0.29, 0.717) is 36.6 Å². The zero-order valence-electron chi connectivity index (χ0n) is 12.9. The lowest BCUT2D eigenvalue weighted by Gasteiger charge is -2.34. The molecular weight excluding hydrogens is 439 g/mol. The number of hydrogen-bond donors (Lipinski definition) is 0. The minimum atomic E-state index is -3.49. The first kappa shape index (κ1) is 17.4. The summed E-state index contributed by atoms with van der Waals surface area (Å²) in [5.41, 5.74) is 0.664. The molecule has 1 amide bonds. The molecule has 1 fully saturated rings. The van der Waals surface area contributed by atoms with Gasteiger partial charge in [0, 0.05) is 29.7 Å². The smallest absolute Gasteiger partial charge is 0.255 e. The fraction of sp³-hybridized carbons (Fsp3) is 0.235. The highest BCUT2D eigenvalue weighted by molar-refractivity contribution is 14.1. The van der Waals surface area contributed by atoms with Crippen molar-refractivity contribution in [2.75, 3.05) is 26.2 Å². The van der Waals surface area contributed by atoms with E-state index < -0.39 is 10.0 Å². The summed E-state index contributed by atoms with van der Waals surface area (Å²) in [6.07, 6.45) is 0. The Labute approximate surface area is 155 Å². The van der Waals surface area contributed by atoms with Crippen LogP contribution in [0.15, 0.2) is 59.5 Å². The van der Waals surface area contributed by atoms with Crippen LogP contribution >= 0.6 is 22.6 Å². The molecule has 2 aromatic carbocycles. The minimum Gasteiger partial charge on any atom is -0.336 e. The van der Waals surface area contributed by atoms with Crippen molar-refractivity contribution in [3.8, 4) is 0 Å². The maximum Gasteiger partial charge on any atom is 0.255 e. The van der Waals surface area contributed by atoms with Gasteiger partial charge in [-0.3, -0.25) is 4.79 Å². The van der Waals surface area contributed by atoms with Crippen LogP contribution in [-0.4, -0.2) is 49.7 Å². The number of rotatable bonds is 3. The molecule has 0 bridgehead atoms. The number of hydrogen-bond acceptors (Lipinski definition) is 3. The largest absolute Gasteiger partial charge is 0.336 e. The molecule has 1 heterocycles. The molecule has 1 aliphatic rings. The highest BCUT2D eigenvalue weighted by atomic mass is 127. The average molecular weight is 456 g/mol. The summed E-state index contributed by atoms with van der Waals surface area (Å²) in [6, 6.07) is 15.8. The predicted octanol–water partition coefficient (Wildman–Crippen LogP) is 2.44. The molecule has 0 aliphatic carbocycles. The van der Waals surface area contributed by atoms with Crippen molar-refractivity contribution in [1.82, 2.24) is 9.21 Å². The zero-order valence-corrected chi connectivity index (χ0v) is 15.9. The SMILES string of the molecule is O=C(c1ccccc1I)N1CCN(S(=O)(=O)c2ccccc2)CC1. The maximum atomic E-state index is 12.6. The number of carbonyl (C=O) groups is 1. The van der Waals surface area contributed by atoms with E-state index in [2.05, 4.69) is 22.6 Å². The second-order valence-electron chi connectivity index (χ2n) is 5.49. The summed E-state index contributed by atoms with van der Waals surface area (Å²) in [4.78, 5) is 14.6. The van der Waals surface area contributed by atoms with Crippen LogP contribution in [0, 0.1) is 3.57 Å². The Bertz CT molecular complexity index is 832. The third-order valence-electron chi connectivity index (χ3n) is 4.01. The zero-order chi connectivity index (χ0) is 17.2. The van der Waals surface area contributed by atoms with Gasteiger partial charge in [-0.1, -0.05) is 30.3 Å². The first-order valence-corrected chi connectivity index (χ1v) is 10.1. The summed E-state index contributed by atoms with van der Waals surface area (Å²) in [5, 5.41) is 0. The molecule has 0 saturated carbocycles. The van der Waals surface area contributed by atoms with Crippen molar-refractivity contribution in [3.63, 3.8) is 0 Å². The third kappa shape index (κ3) is 3.47. The number of piperazine rings is 1. The first-order chi connectivity index (χ1) is 11.5. The number of amides is 1. The van der Waals surface area contributed by atoms with Gasteiger partial charge in [0.1, 0.15) is 0 Å². The molecule has 0 unspecified atom stereocenters. The second kappa shape index (κ2) is 7.20. The molecule has 126 valence electrons. The van der Waals surface area contributed by atoms with E-state index in [4.69, 9.17) is 0 Å². The Kier molecular flexibility index (Phi) is 5.21. The van der Waals surface area contributed by atoms with Gasteiger partial charge in [-0.05, 0) is 46.9 Å². The van der Waals surface area contributed by atoms with Gasteiger partial charge in [0.05, 0.1) is 10.5 Å². The molecule has 0 N–H and O–H groups in total. The molecule has 0 atom stereocenters. The van der Waals surface area contributed by atoms with E-state index in [1.165, 1.54) is 4.31 Å². The van der Waals surface area contributed by atoms with Crippen LogP contribution in [0.25, 0.3) is 0 Å². The van der Waals surface area contributed by atoms with Crippen molar-refractivity contribution in [1.29, 1.82) is 0 Å². The summed E-state index contributed by atoms with van der Waals surface area (Å²) in [5.74, 6) is -0.0447. The van der Waals surface area contributed by atoms with Crippen molar-refractivity contribution in [2.24, 2.45) is 0 Å². The lowest BCUT2D eigenvalue weighted by molar-refractivity contribution is 0.0697. The summed E-state index contributed by atoms with van der Waals surface area (Å²) in [6.45, 7) is 1.42. The standard InChI is InChI=1S/C17H17IN2O3S/c18-16-9-5-4-8-15(16)17(21)19-10-12-20(13-11-19)24(22,23)14-6-2-1-3-7-14/h1-9H,10-13H2. The van der Waals surface area contributed by atoms with Crippen molar-refractivity contribution in [3.05, 3.63) is 63.7 Å². The molecule has 0 aromatic heterocycles. The molecule has 2 aromatic rings. The van der Waals surface area contributed by atoms with Crippen LogP contribution in [0.4, 0.5) is 0 Å². The number of nitrogens with zero attached hydrogens (tertiary/aromatic N) is 2. The van der Waals surface area contributed by atoms with Gasteiger partial charge in [0.25, 0.3) is 5.91 Å². The van der Waals surface area contributed by atoms with Gasteiger partial charge in [-0.2, -0.15) is 4.31 Å². The Hall–Kier alpha value is -1.45. The molecule has 1 aliphatic heterocycles. The van der Waals surface area contributed by atoms with Crippen LogP contribution < -0.4 is 0 Å². The number of benzene rings is 2. The molecular formula is C17H17IN2O3S. The number of sulfonamides is 1. The van der Waals surface area contributed by atoms with E-state index in [1.54, 1.807) is 41.3 Å². The fourth-order valence-electron chi connectivity index (χ4n) is 2.68. The van der Waals surface area contributed by atoms with Gasteiger partial charge >= 0.3 is 0 Å². The number of carbonyl (C=O) groups excluding carboxylic acids is 1. The normalized spacial score (nSPS) is 16.1. The molecule has 5 nitrogen and oxygen atoms in total. The Balaban J connectivity index is 1.70. The maximum absolute atomic E-state index is 12.6. The molecule has 24 heavy (non-hydrogen) atoms. The second-order valence-corrected chi connectivity index (χ2v) is 8.59. The van der Waals surface area contributed by atoms with Crippen LogP contribution in [0.2, 0.25) is 0 Å². The molecule has 7 heteroatoms. The van der Waals surface area contributed by atoms with E-state index in [0.717, 1.165) is 3.57 Å². The van der Waals surface area contributed by atoms with Gasteiger partial charge in [0.15, 0.2) is 0 Å². The lowest BCUT2D eigenvalue weighted by Crippen LogP contribution is -2.50. The summed E-state index contributed by atoms with van der Waals surface area (Å²) >= 11 is 2.14. The molecule has 0 radical (unpaired) electrons. The molecule has 0 spiro atoms. The van der Waals surface area contributed by atoms with Crippen molar-refractivity contribution in [2.45, 2.75) is 4.90 Å². The van der Waals surface area contributed by atoms with Crippen LogP contribution in [0.5, 0.6) is 0 Å².